The second-order valence-electron chi connectivity index (χ2n) is 8.25. The molecule has 2 fully saturated rings. The molecule has 2 unspecified atom stereocenters. The van der Waals surface area contributed by atoms with E-state index in [9.17, 15) is 0 Å². The highest BCUT2D eigenvalue weighted by Crippen LogP contribution is 2.47. The SMILES string of the molecule is CCC12CCCC(CN(Cc3ccc4c(c3)Nc3nccnc3S4)C1)C2. The fraction of sp³-hybridized carbons (Fsp3) is 0.524. The van der Waals surface area contributed by atoms with Crippen LogP contribution in [-0.2, 0) is 6.54 Å². The predicted octanol–water partition coefficient (Wildman–Crippen LogP) is 5.09. The van der Waals surface area contributed by atoms with Crippen LogP contribution < -0.4 is 5.32 Å². The van der Waals surface area contributed by atoms with Crippen molar-refractivity contribution in [3.63, 3.8) is 0 Å². The maximum absolute atomic E-state index is 4.42. The maximum atomic E-state index is 4.42. The standard InChI is InChI=1S/C21H26N4S/c1-2-21-7-3-4-16(11-21)13-25(14-21)12-15-5-6-18-17(10-15)24-19-20(26-18)23-9-8-22-19/h5-6,8-10,16H,2-4,7,11-14H2,1H3,(H,22,24). The van der Waals surface area contributed by atoms with Crippen LogP contribution in [0.15, 0.2) is 40.5 Å². The van der Waals surface area contributed by atoms with E-state index >= 15 is 0 Å². The first-order chi connectivity index (χ1) is 12.7. The van der Waals surface area contributed by atoms with Gasteiger partial charge >= 0.3 is 0 Å². The summed E-state index contributed by atoms with van der Waals surface area (Å²) in [5.74, 6) is 1.78. The van der Waals surface area contributed by atoms with E-state index in [1.807, 2.05) is 0 Å². The first-order valence-corrected chi connectivity index (χ1v) is 10.7. The molecule has 1 aliphatic carbocycles. The monoisotopic (exact) mass is 366 g/mol. The molecule has 5 rings (SSSR count). The number of nitrogens with zero attached hydrogens (tertiary/aromatic N) is 3. The number of aromatic nitrogens is 2. The molecule has 2 atom stereocenters. The lowest BCUT2D eigenvalue weighted by Crippen LogP contribution is -2.48. The molecule has 2 bridgehead atoms. The van der Waals surface area contributed by atoms with Gasteiger partial charge in [0, 0.05) is 36.9 Å². The van der Waals surface area contributed by atoms with Gasteiger partial charge in [-0.05, 0) is 54.7 Å². The Labute approximate surface area is 159 Å². The Morgan fingerprint density at radius 3 is 3.15 bits per heavy atom. The molecular weight excluding hydrogens is 340 g/mol. The first kappa shape index (κ1) is 16.6. The second kappa shape index (κ2) is 6.54. The van der Waals surface area contributed by atoms with Crippen LogP contribution in [0.2, 0.25) is 0 Å². The third kappa shape index (κ3) is 3.01. The molecule has 1 aromatic carbocycles. The van der Waals surface area contributed by atoms with Crippen molar-refractivity contribution in [2.75, 3.05) is 18.4 Å². The summed E-state index contributed by atoms with van der Waals surface area (Å²) in [7, 11) is 0. The van der Waals surface area contributed by atoms with E-state index in [1.54, 1.807) is 24.2 Å². The minimum atomic E-state index is 0.581. The molecule has 4 nitrogen and oxygen atoms in total. The average Bonchev–Trinajstić information content (AvgIpc) is 2.66. The first-order valence-electron chi connectivity index (χ1n) is 9.84. The predicted molar refractivity (Wildman–Crippen MR) is 106 cm³/mol. The van der Waals surface area contributed by atoms with Crippen molar-refractivity contribution in [1.29, 1.82) is 0 Å². The van der Waals surface area contributed by atoms with E-state index in [-0.39, 0.29) is 0 Å². The zero-order valence-corrected chi connectivity index (χ0v) is 16.2. The van der Waals surface area contributed by atoms with Gasteiger partial charge in [0.1, 0.15) is 5.03 Å². The summed E-state index contributed by atoms with van der Waals surface area (Å²) < 4.78 is 0. The average molecular weight is 367 g/mol. The summed E-state index contributed by atoms with van der Waals surface area (Å²) in [5.41, 5.74) is 3.15. The molecular formula is C21H26N4S. The van der Waals surface area contributed by atoms with Gasteiger partial charge in [-0.2, -0.15) is 0 Å². The van der Waals surface area contributed by atoms with Crippen molar-refractivity contribution in [2.45, 2.75) is 55.5 Å². The zero-order chi connectivity index (χ0) is 17.6. The van der Waals surface area contributed by atoms with Crippen LogP contribution in [0.25, 0.3) is 0 Å². The highest BCUT2D eigenvalue weighted by molar-refractivity contribution is 7.99. The third-order valence-corrected chi connectivity index (χ3v) is 7.51. The Bertz CT molecular complexity index is 823. The highest BCUT2D eigenvalue weighted by atomic mass is 32.2. The van der Waals surface area contributed by atoms with Gasteiger partial charge in [-0.25, -0.2) is 9.97 Å². The molecule has 0 spiro atoms. The number of hydrogen-bond acceptors (Lipinski definition) is 5. The van der Waals surface area contributed by atoms with Crippen molar-refractivity contribution >= 4 is 23.3 Å². The molecule has 3 heterocycles. The fourth-order valence-electron chi connectivity index (χ4n) is 5.18. The van der Waals surface area contributed by atoms with Gasteiger partial charge in [0.2, 0.25) is 0 Å². The fourth-order valence-corrected chi connectivity index (χ4v) is 6.06. The van der Waals surface area contributed by atoms with Gasteiger partial charge < -0.3 is 5.32 Å². The largest absolute Gasteiger partial charge is 0.337 e. The molecule has 0 radical (unpaired) electrons. The summed E-state index contributed by atoms with van der Waals surface area (Å²) >= 11 is 1.70. The topological polar surface area (TPSA) is 41.0 Å². The molecule has 0 amide bonds. The minimum absolute atomic E-state index is 0.581. The Hall–Kier alpha value is -1.59. The lowest BCUT2D eigenvalue weighted by atomic mass is 9.65. The molecule has 1 N–H and O–H groups in total. The zero-order valence-electron chi connectivity index (χ0n) is 15.4. The van der Waals surface area contributed by atoms with Crippen LogP contribution in [0.5, 0.6) is 0 Å². The lowest BCUT2D eigenvalue weighted by molar-refractivity contribution is 0.00175. The molecule has 3 aliphatic rings. The molecule has 1 aromatic heterocycles. The van der Waals surface area contributed by atoms with Crippen molar-refractivity contribution in [3.05, 3.63) is 36.2 Å². The van der Waals surface area contributed by atoms with E-state index in [0.717, 1.165) is 23.3 Å². The number of anilines is 2. The van der Waals surface area contributed by atoms with Crippen LogP contribution in [0.1, 0.15) is 44.6 Å². The third-order valence-electron chi connectivity index (χ3n) is 6.44. The number of nitrogens with one attached hydrogen (secondary N) is 1. The van der Waals surface area contributed by atoms with Crippen LogP contribution >= 0.6 is 11.8 Å². The van der Waals surface area contributed by atoms with Gasteiger partial charge in [0.15, 0.2) is 5.82 Å². The van der Waals surface area contributed by atoms with Crippen LogP contribution in [0, 0.1) is 11.3 Å². The van der Waals surface area contributed by atoms with Crippen molar-refractivity contribution in [2.24, 2.45) is 11.3 Å². The molecule has 136 valence electrons. The smallest absolute Gasteiger partial charge is 0.163 e. The molecule has 2 aliphatic heterocycles. The van der Waals surface area contributed by atoms with E-state index in [1.165, 1.54) is 61.3 Å². The number of piperidine rings is 1. The Balaban J connectivity index is 1.34. The van der Waals surface area contributed by atoms with E-state index in [2.05, 4.69) is 45.3 Å². The normalized spacial score (nSPS) is 27.3. The van der Waals surface area contributed by atoms with E-state index in [0.29, 0.717) is 5.41 Å². The summed E-state index contributed by atoms with van der Waals surface area (Å²) in [6.07, 6.45) is 10.6. The summed E-state index contributed by atoms with van der Waals surface area (Å²) in [4.78, 5) is 12.8. The van der Waals surface area contributed by atoms with E-state index < -0.39 is 0 Å². The maximum Gasteiger partial charge on any atom is 0.163 e. The molecule has 1 saturated heterocycles. The van der Waals surface area contributed by atoms with E-state index in [4.69, 9.17) is 0 Å². The Kier molecular flexibility index (Phi) is 4.17. The minimum Gasteiger partial charge on any atom is -0.337 e. The molecule has 5 heteroatoms. The quantitative estimate of drug-likeness (QED) is 0.699. The van der Waals surface area contributed by atoms with Crippen molar-refractivity contribution < 1.29 is 0 Å². The summed E-state index contributed by atoms with van der Waals surface area (Å²) in [5, 5.41) is 4.42. The number of rotatable bonds is 3. The molecule has 26 heavy (non-hydrogen) atoms. The number of fused-ring (bicyclic) bond motifs is 4. The van der Waals surface area contributed by atoms with Gasteiger partial charge in [0.25, 0.3) is 0 Å². The highest BCUT2D eigenvalue weighted by Gasteiger charge is 2.40. The van der Waals surface area contributed by atoms with Crippen LogP contribution in [-0.4, -0.2) is 28.0 Å². The number of hydrogen-bond donors (Lipinski definition) is 1. The van der Waals surface area contributed by atoms with Gasteiger partial charge in [0.05, 0.1) is 5.69 Å². The number of likely N-dealkylation sites (tertiary alicyclic amines) is 1. The number of benzene rings is 1. The summed E-state index contributed by atoms with van der Waals surface area (Å²) in [6, 6.07) is 6.83. The lowest BCUT2D eigenvalue weighted by Gasteiger charge is -2.50. The van der Waals surface area contributed by atoms with Gasteiger partial charge in [-0.15, -0.1) is 0 Å². The van der Waals surface area contributed by atoms with Gasteiger partial charge in [-0.1, -0.05) is 31.2 Å². The molecule has 1 saturated carbocycles. The van der Waals surface area contributed by atoms with Crippen LogP contribution in [0.4, 0.5) is 11.5 Å². The second-order valence-corrected chi connectivity index (χ2v) is 9.28. The van der Waals surface area contributed by atoms with Crippen LogP contribution in [0.3, 0.4) is 0 Å². The van der Waals surface area contributed by atoms with Gasteiger partial charge in [-0.3, -0.25) is 4.90 Å². The molecule has 2 aromatic rings. The Morgan fingerprint density at radius 1 is 1.31 bits per heavy atom. The Morgan fingerprint density at radius 2 is 2.23 bits per heavy atom. The van der Waals surface area contributed by atoms with Crippen molar-refractivity contribution in [3.8, 4) is 0 Å². The van der Waals surface area contributed by atoms with Crippen molar-refractivity contribution in [1.82, 2.24) is 14.9 Å². The summed E-state index contributed by atoms with van der Waals surface area (Å²) in [6.45, 7) is 6.00.